The molecular weight excluding hydrogens is 298 g/mol. The maximum atomic E-state index is 12.4. The lowest BCUT2D eigenvalue weighted by Crippen LogP contribution is -2.12. The van der Waals surface area contributed by atoms with Gasteiger partial charge in [0.15, 0.2) is 0 Å². The number of nitrogens with one attached hydrogen (secondary N) is 1. The van der Waals surface area contributed by atoms with E-state index in [-0.39, 0.29) is 5.91 Å². The van der Waals surface area contributed by atoms with Crippen LogP contribution >= 0.6 is 11.6 Å². The summed E-state index contributed by atoms with van der Waals surface area (Å²) in [5.41, 5.74) is 2.20. The minimum Gasteiger partial charge on any atom is -0.322 e. The Balaban J connectivity index is 1.94. The highest BCUT2D eigenvalue weighted by Gasteiger charge is 2.11. The van der Waals surface area contributed by atoms with Crippen LogP contribution in [0.1, 0.15) is 15.9 Å². The van der Waals surface area contributed by atoms with E-state index in [1.165, 1.54) is 0 Å². The molecule has 1 N–H and O–H groups in total. The second-order valence-electron chi connectivity index (χ2n) is 4.64. The van der Waals surface area contributed by atoms with Crippen LogP contribution in [0.15, 0.2) is 54.7 Å². The van der Waals surface area contributed by atoms with E-state index in [4.69, 9.17) is 16.9 Å². The molecule has 0 radical (unpaired) electrons. The second-order valence-corrected chi connectivity index (χ2v) is 5.04. The maximum absolute atomic E-state index is 12.4. The van der Waals surface area contributed by atoms with Gasteiger partial charge >= 0.3 is 0 Å². The van der Waals surface area contributed by atoms with Gasteiger partial charge in [-0.1, -0.05) is 29.8 Å². The highest BCUT2D eigenvalue weighted by Crippen LogP contribution is 2.22. The fraction of sp³-hybridized carbons (Fsp3) is 0. The molecular formula is C17H10ClN3O. The average molecular weight is 308 g/mol. The Morgan fingerprint density at radius 3 is 2.77 bits per heavy atom. The van der Waals surface area contributed by atoms with E-state index in [1.54, 1.807) is 30.5 Å². The molecule has 0 unspecified atom stereocenters. The second kappa shape index (κ2) is 5.84. The van der Waals surface area contributed by atoms with Crippen molar-refractivity contribution in [3.8, 4) is 6.07 Å². The smallest absolute Gasteiger partial charge is 0.256 e. The van der Waals surface area contributed by atoms with Gasteiger partial charge in [0.05, 0.1) is 21.7 Å². The van der Waals surface area contributed by atoms with Crippen LogP contribution in [0.5, 0.6) is 0 Å². The number of fused-ring (bicyclic) bond motifs is 1. The largest absolute Gasteiger partial charge is 0.322 e. The number of halogens is 1. The van der Waals surface area contributed by atoms with Crippen LogP contribution in [0, 0.1) is 11.3 Å². The van der Waals surface area contributed by atoms with Gasteiger partial charge < -0.3 is 5.32 Å². The van der Waals surface area contributed by atoms with Crippen LogP contribution in [0.25, 0.3) is 10.9 Å². The molecule has 1 heterocycles. The number of carbonyl (C=O) groups is 1. The number of aromatic nitrogens is 1. The summed E-state index contributed by atoms with van der Waals surface area (Å²) in [7, 11) is 0. The summed E-state index contributed by atoms with van der Waals surface area (Å²) in [6.07, 6.45) is 1.60. The highest BCUT2D eigenvalue weighted by atomic mass is 35.5. The monoisotopic (exact) mass is 307 g/mol. The van der Waals surface area contributed by atoms with Gasteiger partial charge in [0.25, 0.3) is 5.91 Å². The van der Waals surface area contributed by atoms with E-state index in [0.717, 1.165) is 10.9 Å². The van der Waals surface area contributed by atoms with E-state index in [1.807, 2.05) is 30.3 Å². The maximum Gasteiger partial charge on any atom is 0.256 e. The molecule has 4 nitrogen and oxygen atoms in total. The molecule has 0 saturated heterocycles. The summed E-state index contributed by atoms with van der Waals surface area (Å²) in [5.74, 6) is -0.251. The number of rotatable bonds is 2. The van der Waals surface area contributed by atoms with Crippen molar-refractivity contribution >= 4 is 34.1 Å². The Morgan fingerprint density at radius 1 is 1.18 bits per heavy atom. The molecule has 2 aromatic carbocycles. The molecule has 22 heavy (non-hydrogen) atoms. The Bertz CT molecular complexity index is 910. The third kappa shape index (κ3) is 2.62. The molecule has 0 fully saturated rings. The molecule has 1 aromatic heterocycles. The zero-order valence-electron chi connectivity index (χ0n) is 11.4. The number of amides is 1. The lowest BCUT2D eigenvalue weighted by molar-refractivity contribution is 0.102. The molecule has 0 saturated carbocycles. The summed E-state index contributed by atoms with van der Waals surface area (Å²) < 4.78 is 0. The number of pyridine rings is 1. The highest BCUT2D eigenvalue weighted by molar-refractivity contribution is 6.32. The van der Waals surface area contributed by atoms with Crippen LogP contribution < -0.4 is 5.32 Å². The van der Waals surface area contributed by atoms with Crippen molar-refractivity contribution in [2.24, 2.45) is 0 Å². The minimum absolute atomic E-state index is 0.251. The van der Waals surface area contributed by atoms with Crippen molar-refractivity contribution < 1.29 is 4.79 Å². The number of nitriles is 1. The number of nitrogens with zero attached hydrogens (tertiary/aromatic N) is 2. The lowest BCUT2D eigenvalue weighted by atomic mass is 10.1. The Labute approximate surface area is 132 Å². The van der Waals surface area contributed by atoms with E-state index < -0.39 is 0 Å². The van der Waals surface area contributed by atoms with Crippen LogP contribution in [0.2, 0.25) is 5.02 Å². The van der Waals surface area contributed by atoms with Crippen molar-refractivity contribution in [2.75, 3.05) is 5.32 Å². The van der Waals surface area contributed by atoms with E-state index >= 15 is 0 Å². The fourth-order valence-corrected chi connectivity index (χ4v) is 2.40. The molecule has 0 atom stereocenters. The normalized spacial score (nSPS) is 10.2. The summed E-state index contributed by atoms with van der Waals surface area (Å²) in [6, 6.07) is 15.9. The molecule has 5 heteroatoms. The summed E-state index contributed by atoms with van der Waals surface area (Å²) in [4.78, 5) is 16.7. The molecule has 0 bridgehead atoms. The van der Waals surface area contributed by atoms with Crippen molar-refractivity contribution in [1.82, 2.24) is 4.98 Å². The lowest BCUT2D eigenvalue weighted by Gasteiger charge is -2.08. The Kier molecular flexibility index (Phi) is 3.73. The number of anilines is 1. The third-order valence-electron chi connectivity index (χ3n) is 3.24. The van der Waals surface area contributed by atoms with Gasteiger partial charge in [-0.2, -0.15) is 5.26 Å². The zero-order valence-corrected chi connectivity index (χ0v) is 12.1. The van der Waals surface area contributed by atoms with Crippen LogP contribution in [0.4, 0.5) is 5.69 Å². The number of para-hydroxylation sites is 1. The van der Waals surface area contributed by atoms with Gasteiger partial charge in [0, 0.05) is 17.3 Å². The minimum atomic E-state index is -0.251. The summed E-state index contributed by atoms with van der Waals surface area (Å²) in [5, 5.41) is 12.7. The number of benzene rings is 2. The number of carbonyl (C=O) groups excluding carboxylic acids is 1. The van der Waals surface area contributed by atoms with Gasteiger partial charge in [-0.15, -0.1) is 0 Å². The average Bonchev–Trinajstić information content (AvgIpc) is 2.54. The molecule has 106 valence electrons. The first kappa shape index (κ1) is 14.1. The predicted octanol–water partition coefficient (Wildman–Crippen LogP) is 4.01. The SMILES string of the molecule is N#Cc1ccc(NC(=O)c2ccnc3ccccc23)cc1Cl. The first-order valence-corrected chi connectivity index (χ1v) is 6.91. The molecule has 1 amide bonds. The first-order chi connectivity index (χ1) is 10.7. The van der Waals surface area contributed by atoms with E-state index in [2.05, 4.69) is 10.3 Å². The van der Waals surface area contributed by atoms with Gasteiger partial charge in [-0.25, -0.2) is 0 Å². The third-order valence-corrected chi connectivity index (χ3v) is 3.55. The van der Waals surface area contributed by atoms with Crippen LogP contribution in [0.3, 0.4) is 0 Å². The zero-order chi connectivity index (χ0) is 15.5. The molecule has 3 rings (SSSR count). The fourth-order valence-electron chi connectivity index (χ4n) is 2.18. The summed E-state index contributed by atoms with van der Waals surface area (Å²) >= 11 is 5.97. The van der Waals surface area contributed by atoms with Crippen molar-refractivity contribution in [3.05, 3.63) is 70.9 Å². The molecule has 3 aromatic rings. The first-order valence-electron chi connectivity index (χ1n) is 6.54. The topological polar surface area (TPSA) is 65.8 Å². The van der Waals surface area contributed by atoms with Crippen molar-refractivity contribution in [1.29, 1.82) is 5.26 Å². The van der Waals surface area contributed by atoms with Crippen molar-refractivity contribution in [3.63, 3.8) is 0 Å². The van der Waals surface area contributed by atoms with E-state index in [9.17, 15) is 4.79 Å². The number of hydrogen-bond acceptors (Lipinski definition) is 3. The quantitative estimate of drug-likeness (QED) is 0.778. The summed E-state index contributed by atoms with van der Waals surface area (Å²) in [6.45, 7) is 0. The predicted molar refractivity (Wildman–Crippen MR) is 85.9 cm³/mol. The van der Waals surface area contributed by atoms with Gasteiger partial charge in [0.2, 0.25) is 0 Å². The van der Waals surface area contributed by atoms with Gasteiger partial charge in [-0.05, 0) is 30.3 Å². The Morgan fingerprint density at radius 2 is 2.00 bits per heavy atom. The number of hydrogen-bond donors (Lipinski definition) is 1. The van der Waals surface area contributed by atoms with Crippen LogP contribution in [-0.4, -0.2) is 10.9 Å². The van der Waals surface area contributed by atoms with E-state index in [0.29, 0.717) is 21.8 Å². The van der Waals surface area contributed by atoms with Crippen molar-refractivity contribution in [2.45, 2.75) is 0 Å². The van der Waals surface area contributed by atoms with Crippen LogP contribution in [-0.2, 0) is 0 Å². The standard InChI is InChI=1S/C17H10ClN3O/c18-15-9-12(6-5-11(15)10-19)21-17(22)14-7-8-20-16-4-2-1-3-13(14)16/h1-9H,(H,21,22). The van der Waals surface area contributed by atoms with Gasteiger partial charge in [-0.3, -0.25) is 9.78 Å². The molecule has 0 aliphatic carbocycles. The van der Waals surface area contributed by atoms with Gasteiger partial charge in [0.1, 0.15) is 6.07 Å². The molecule has 0 aliphatic heterocycles. The molecule has 0 aliphatic rings. The molecule has 0 spiro atoms. The Hall–Kier alpha value is -2.90.